The Hall–Kier alpha value is -1.82. The van der Waals surface area contributed by atoms with Gasteiger partial charge in [-0.15, -0.1) is 0 Å². The van der Waals surface area contributed by atoms with Crippen molar-refractivity contribution in [1.82, 2.24) is 10.6 Å². The maximum Gasteiger partial charge on any atom is 0.255 e. The van der Waals surface area contributed by atoms with Gasteiger partial charge < -0.3 is 20.8 Å². The zero-order valence-corrected chi connectivity index (χ0v) is 11.5. The number of furan rings is 1. The molecule has 0 radical (unpaired) electrons. The lowest BCUT2D eigenvalue weighted by molar-refractivity contribution is -0.123. The van der Waals surface area contributed by atoms with E-state index in [4.69, 9.17) is 10.2 Å². The van der Waals surface area contributed by atoms with E-state index >= 15 is 0 Å². The molecule has 106 valence electrons. The van der Waals surface area contributed by atoms with Crippen molar-refractivity contribution in [3.05, 3.63) is 23.7 Å². The summed E-state index contributed by atoms with van der Waals surface area (Å²) in [4.78, 5) is 23.6. The molecular formula is C13H21N3O3. The highest BCUT2D eigenvalue weighted by molar-refractivity contribution is 5.97. The summed E-state index contributed by atoms with van der Waals surface area (Å²) in [7, 11) is 0. The van der Waals surface area contributed by atoms with Crippen LogP contribution in [0.15, 0.2) is 16.7 Å². The molecule has 1 heterocycles. The lowest BCUT2D eigenvalue weighted by Crippen LogP contribution is -2.47. The monoisotopic (exact) mass is 267 g/mol. The summed E-state index contributed by atoms with van der Waals surface area (Å²) in [6.07, 6.45) is 2.17. The Bertz CT molecular complexity index is 442. The van der Waals surface area contributed by atoms with Crippen molar-refractivity contribution in [2.24, 2.45) is 5.73 Å². The number of carbonyl (C=O) groups excluding carboxylic acids is 2. The maximum atomic E-state index is 11.9. The molecule has 0 spiro atoms. The summed E-state index contributed by atoms with van der Waals surface area (Å²) in [5.74, 6) is -0.0256. The predicted octanol–water partition coefficient (Wildman–Crippen LogP) is 0.771. The van der Waals surface area contributed by atoms with Gasteiger partial charge in [0.1, 0.15) is 18.1 Å². The molecule has 0 fully saturated rings. The maximum absolute atomic E-state index is 11.9. The molecular weight excluding hydrogens is 246 g/mol. The van der Waals surface area contributed by atoms with Crippen LogP contribution in [0.25, 0.3) is 0 Å². The standard InChI is InChI=1S/C13H21N3O3/c1-4-8(2)15-12(17)9(3)16-13(18)10-5-11(6-14)19-7-10/h5,7-9H,4,6,14H2,1-3H3,(H,15,17)(H,16,18). The van der Waals surface area contributed by atoms with Gasteiger partial charge in [0.05, 0.1) is 12.1 Å². The van der Waals surface area contributed by atoms with Crippen LogP contribution in [-0.4, -0.2) is 23.9 Å². The Morgan fingerprint density at radius 2 is 2.05 bits per heavy atom. The van der Waals surface area contributed by atoms with Crippen LogP contribution in [0, 0.1) is 0 Å². The number of hydrogen-bond donors (Lipinski definition) is 3. The summed E-state index contributed by atoms with van der Waals surface area (Å²) in [6.45, 7) is 5.76. The van der Waals surface area contributed by atoms with Crippen molar-refractivity contribution in [2.45, 2.75) is 45.8 Å². The topological polar surface area (TPSA) is 97.4 Å². The van der Waals surface area contributed by atoms with Crippen molar-refractivity contribution >= 4 is 11.8 Å². The minimum absolute atomic E-state index is 0.0876. The van der Waals surface area contributed by atoms with E-state index in [2.05, 4.69) is 10.6 Å². The molecule has 0 aliphatic heterocycles. The van der Waals surface area contributed by atoms with Gasteiger partial charge >= 0.3 is 0 Å². The van der Waals surface area contributed by atoms with Crippen LogP contribution in [0.5, 0.6) is 0 Å². The summed E-state index contributed by atoms with van der Waals surface area (Å²) < 4.78 is 5.07. The minimum Gasteiger partial charge on any atom is -0.467 e. The second kappa shape index (κ2) is 6.94. The normalized spacial score (nSPS) is 13.7. The largest absolute Gasteiger partial charge is 0.467 e. The molecule has 1 aromatic rings. The van der Waals surface area contributed by atoms with Crippen LogP contribution in [-0.2, 0) is 11.3 Å². The Morgan fingerprint density at radius 1 is 1.37 bits per heavy atom. The summed E-state index contributed by atoms with van der Waals surface area (Å²) in [5, 5.41) is 5.42. The number of nitrogens with two attached hydrogens (primary N) is 1. The van der Waals surface area contributed by atoms with E-state index in [9.17, 15) is 9.59 Å². The molecule has 0 aliphatic carbocycles. The van der Waals surface area contributed by atoms with Gasteiger partial charge in [-0.05, 0) is 26.3 Å². The first-order valence-corrected chi connectivity index (χ1v) is 6.36. The molecule has 0 bridgehead atoms. The number of rotatable bonds is 6. The first kappa shape index (κ1) is 15.2. The van der Waals surface area contributed by atoms with Gasteiger partial charge in [-0.1, -0.05) is 6.92 Å². The average molecular weight is 267 g/mol. The van der Waals surface area contributed by atoms with Crippen LogP contribution in [0.4, 0.5) is 0 Å². The van der Waals surface area contributed by atoms with Gasteiger partial charge in [-0.2, -0.15) is 0 Å². The fraction of sp³-hybridized carbons (Fsp3) is 0.538. The second-order valence-electron chi connectivity index (χ2n) is 4.52. The summed E-state index contributed by atoms with van der Waals surface area (Å²) >= 11 is 0. The lowest BCUT2D eigenvalue weighted by atomic mass is 10.2. The van der Waals surface area contributed by atoms with E-state index in [0.29, 0.717) is 11.3 Å². The quantitative estimate of drug-likeness (QED) is 0.709. The highest BCUT2D eigenvalue weighted by Crippen LogP contribution is 2.07. The molecule has 2 unspecified atom stereocenters. The van der Waals surface area contributed by atoms with E-state index in [-0.39, 0.29) is 24.4 Å². The Kier molecular flexibility index (Phi) is 5.57. The van der Waals surface area contributed by atoms with Crippen molar-refractivity contribution < 1.29 is 14.0 Å². The minimum atomic E-state index is -0.599. The molecule has 0 saturated heterocycles. The van der Waals surface area contributed by atoms with Crippen LogP contribution in [0.3, 0.4) is 0 Å². The molecule has 2 amide bonds. The average Bonchev–Trinajstić information content (AvgIpc) is 2.87. The smallest absolute Gasteiger partial charge is 0.255 e. The van der Waals surface area contributed by atoms with Gasteiger partial charge in [0.2, 0.25) is 5.91 Å². The Labute approximate surface area is 112 Å². The first-order valence-electron chi connectivity index (χ1n) is 6.36. The van der Waals surface area contributed by atoms with E-state index in [1.807, 2.05) is 13.8 Å². The molecule has 0 aliphatic rings. The number of nitrogens with one attached hydrogen (secondary N) is 2. The van der Waals surface area contributed by atoms with Gasteiger partial charge in [0.25, 0.3) is 5.91 Å². The SMILES string of the molecule is CCC(C)NC(=O)C(C)NC(=O)c1coc(CN)c1. The molecule has 6 heteroatoms. The van der Waals surface area contributed by atoms with Crippen molar-refractivity contribution in [2.75, 3.05) is 0 Å². The molecule has 0 saturated carbocycles. The summed E-state index contributed by atoms with van der Waals surface area (Å²) in [6, 6.07) is 1.05. The zero-order valence-electron chi connectivity index (χ0n) is 11.5. The fourth-order valence-electron chi connectivity index (χ4n) is 1.42. The molecule has 4 N–H and O–H groups in total. The predicted molar refractivity (Wildman–Crippen MR) is 71.4 cm³/mol. The van der Waals surface area contributed by atoms with Crippen LogP contribution < -0.4 is 16.4 Å². The van der Waals surface area contributed by atoms with Gasteiger partial charge in [0.15, 0.2) is 0 Å². The van der Waals surface area contributed by atoms with Crippen LogP contribution >= 0.6 is 0 Å². The van der Waals surface area contributed by atoms with E-state index in [0.717, 1.165) is 6.42 Å². The third kappa shape index (κ3) is 4.40. The molecule has 1 aromatic heterocycles. The highest BCUT2D eigenvalue weighted by atomic mass is 16.3. The van der Waals surface area contributed by atoms with Crippen molar-refractivity contribution in [1.29, 1.82) is 0 Å². The molecule has 2 atom stereocenters. The summed E-state index contributed by atoms with van der Waals surface area (Å²) in [5.41, 5.74) is 5.76. The van der Waals surface area contributed by atoms with E-state index < -0.39 is 6.04 Å². The van der Waals surface area contributed by atoms with Gasteiger partial charge in [-0.3, -0.25) is 9.59 Å². The molecule has 1 rings (SSSR count). The fourth-order valence-corrected chi connectivity index (χ4v) is 1.42. The van der Waals surface area contributed by atoms with E-state index in [1.54, 1.807) is 13.0 Å². The molecule has 0 aromatic carbocycles. The second-order valence-corrected chi connectivity index (χ2v) is 4.52. The molecule has 19 heavy (non-hydrogen) atoms. The Morgan fingerprint density at radius 3 is 2.58 bits per heavy atom. The third-order valence-electron chi connectivity index (χ3n) is 2.86. The van der Waals surface area contributed by atoms with Crippen molar-refractivity contribution in [3.63, 3.8) is 0 Å². The lowest BCUT2D eigenvalue weighted by Gasteiger charge is -2.17. The van der Waals surface area contributed by atoms with Gasteiger partial charge in [-0.25, -0.2) is 0 Å². The van der Waals surface area contributed by atoms with Gasteiger partial charge in [0, 0.05) is 6.04 Å². The number of hydrogen-bond acceptors (Lipinski definition) is 4. The van der Waals surface area contributed by atoms with Crippen molar-refractivity contribution in [3.8, 4) is 0 Å². The van der Waals surface area contributed by atoms with Crippen LogP contribution in [0.2, 0.25) is 0 Å². The van der Waals surface area contributed by atoms with Crippen LogP contribution in [0.1, 0.15) is 43.3 Å². The van der Waals surface area contributed by atoms with E-state index in [1.165, 1.54) is 6.26 Å². The first-order chi connectivity index (χ1) is 8.97. The third-order valence-corrected chi connectivity index (χ3v) is 2.86. The Balaban J connectivity index is 2.53. The zero-order chi connectivity index (χ0) is 14.4. The molecule has 6 nitrogen and oxygen atoms in total. The number of carbonyl (C=O) groups is 2. The highest BCUT2D eigenvalue weighted by Gasteiger charge is 2.18. The number of amides is 2.